The maximum atomic E-state index is 12.3. The van der Waals surface area contributed by atoms with E-state index in [2.05, 4.69) is 28.2 Å². The van der Waals surface area contributed by atoms with Crippen LogP contribution < -0.4 is 5.32 Å². The summed E-state index contributed by atoms with van der Waals surface area (Å²) in [5.74, 6) is 2.24. The first-order valence-electron chi connectivity index (χ1n) is 9.10. The van der Waals surface area contributed by atoms with E-state index in [0.717, 1.165) is 25.3 Å². The normalized spacial score (nSPS) is 33.6. The molecule has 0 aromatic rings. The van der Waals surface area contributed by atoms with Crippen LogP contribution in [0.2, 0.25) is 0 Å². The molecule has 0 radical (unpaired) electrons. The van der Waals surface area contributed by atoms with Gasteiger partial charge in [0.25, 0.3) is 0 Å². The van der Waals surface area contributed by atoms with Crippen molar-refractivity contribution in [2.75, 3.05) is 6.54 Å². The first-order chi connectivity index (χ1) is 10.2. The van der Waals surface area contributed by atoms with E-state index in [1.54, 1.807) is 0 Å². The Labute approximate surface area is 139 Å². The Hall–Kier alpha value is -0.0500. The maximum Gasteiger partial charge on any atom is 0.223 e. The molecule has 1 amide bonds. The number of rotatable bonds is 6. The van der Waals surface area contributed by atoms with Crippen LogP contribution in [0, 0.1) is 17.8 Å². The molecule has 1 N–H and O–H groups in total. The van der Waals surface area contributed by atoms with E-state index >= 15 is 0 Å². The zero-order chi connectivity index (χ0) is 15.1. The summed E-state index contributed by atoms with van der Waals surface area (Å²) in [5.41, 5.74) is 0. The minimum absolute atomic E-state index is 0.301. The number of hydrogen-bond acceptors (Lipinski definition) is 1. The molecule has 2 fully saturated rings. The molecule has 122 valence electrons. The quantitative estimate of drug-likeness (QED) is 0.661. The Bertz CT molecular complexity index is 304. The van der Waals surface area contributed by atoms with Gasteiger partial charge in [0.2, 0.25) is 5.91 Å². The van der Waals surface area contributed by atoms with Gasteiger partial charge in [-0.1, -0.05) is 42.1 Å². The molecule has 0 aromatic carbocycles. The molecule has 2 aliphatic rings. The van der Waals surface area contributed by atoms with Crippen LogP contribution >= 0.6 is 15.9 Å². The van der Waals surface area contributed by atoms with Crippen LogP contribution in [0.1, 0.15) is 77.6 Å². The molecule has 2 saturated carbocycles. The van der Waals surface area contributed by atoms with Gasteiger partial charge in [-0.05, 0) is 63.2 Å². The van der Waals surface area contributed by atoms with Crippen molar-refractivity contribution in [1.82, 2.24) is 5.32 Å². The standard InChI is InChI=1S/C18H32BrNO/c1-2-3-4-14-5-9-16(10-6-14)18(21)20-13-15-7-11-17(19)12-8-15/h14-17H,2-13H2,1H3,(H,20,21). The Kier molecular flexibility index (Phi) is 7.56. The fourth-order valence-corrected chi connectivity index (χ4v) is 4.45. The van der Waals surface area contributed by atoms with Crippen LogP contribution in [0.3, 0.4) is 0 Å². The molecular weight excluding hydrogens is 326 g/mol. The van der Waals surface area contributed by atoms with E-state index < -0.39 is 0 Å². The molecule has 0 spiro atoms. The molecule has 0 aromatic heterocycles. The summed E-state index contributed by atoms with van der Waals surface area (Å²) in [4.78, 5) is 13.0. The molecule has 0 aliphatic heterocycles. The monoisotopic (exact) mass is 357 g/mol. The van der Waals surface area contributed by atoms with Gasteiger partial charge in [0, 0.05) is 17.3 Å². The van der Waals surface area contributed by atoms with Crippen molar-refractivity contribution in [2.45, 2.75) is 82.4 Å². The number of halogens is 1. The van der Waals surface area contributed by atoms with Gasteiger partial charge in [0.05, 0.1) is 0 Å². The lowest BCUT2D eigenvalue weighted by Gasteiger charge is -2.29. The number of hydrogen-bond donors (Lipinski definition) is 1. The molecule has 3 heteroatoms. The van der Waals surface area contributed by atoms with E-state index in [1.165, 1.54) is 57.8 Å². The highest BCUT2D eigenvalue weighted by atomic mass is 79.9. The lowest BCUT2D eigenvalue weighted by atomic mass is 9.79. The average molecular weight is 358 g/mol. The largest absolute Gasteiger partial charge is 0.356 e. The van der Waals surface area contributed by atoms with Crippen LogP contribution in [-0.2, 0) is 4.79 Å². The van der Waals surface area contributed by atoms with Gasteiger partial charge >= 0.3 is 0 Å². The Balaban J connectivity index is 1.61. The predicted molar refractivity (Wildman–Crippen MR) is 92.7 cm³/mol. The van der Waals surface area contributed by atoms with Gasteiger partial charge in [0.15, 0.2) is 0 Å². The van der Waals surface area contributed by atoms with Gasteiger partial charge in [-0.15, -0.1) is 0 Å². The van der Waals surface area contributed by atoms with Gasteiger partial charge in [0.1, 0.15) is 0 Å². The Morgan fingerprint density at radius 2 is 1.62 bits per heavy atom. The van der Waals surface area contributed by atoms with Crippen molar-refractivity contribution in [3.8, 4) is 0 Å². The highest BCUT2D eigenvalue weighted by Crippen LogP contribution is 2.32. The maximum absolute atomic E-state index is 12.3. The fraction of sp³-hybridized carbons (Fsp3) is 0.944. The van der Waals surface area contributed by atoms with Gasteiger partial charge in [-0.3, -0.25) is 4.79 Å². The summed E-state index contributed by atoms with van der Waals surface area (Å²) in [6, 6.07) is 0. The van der Waals surface area contributed by atoms with Crippen LogP contribution in [0.15, 0.2) is 0 Å². The third kappa shape index (κ3) is 5.92. The van der Waals surface area contributed by atoms with Crippen molar-refractivity contribution in [2.24, 2.45) is 17.8 Å². The minimum Gasteiger partial charge on any atom is -0.356 e. The van der Waals surface area contributed by atoms with Gasteiger partial charge in [-0.25, -0.2) is 0 Å². The zero-order valence-electron chi connectivity index (χ0n) is 13.6. The SMILES string of the molecule is CCCCC1CCC(C(=O)NCC2CCC(Br)CC2)CC1. The molecule has 0 saturated heterocycles. The highest BCUT2D eigenvalue weighted by molar-refractivity contribution is 9.09. The smallest absolute Gasteiger partial charge is 0.223 e. The van der Waals surface area contributed by atoms with Crippen LogP contribution in [0.25, 0.3) is 0 Å². The van der Waals surface area contributed by atoms with Crippen molar-refractivity contribution >= 4 is 21.8 Å². The Morgan fingerprint density at radius 1 is 1.00 bits per heavy atom. The predicted octanol–water partition coefficient (Wildman–Crippen LogP) is 5.05. The lowest BCUT2D eigenvalue weighted by molar-refractivity contribution is -0.126. The second kappa shape index (κ2) is 9.17. The summed E-state index contributed by atoms with van der Waals surface area (Å²) in [6.45, 7) is 3.18. The number of carbonyl (C=O) groups excluding carboxylic acids is 1. The molecule has 2 rings (SSSR count). The first kappa shape index (κ1) is 17.3. The van der Waals surface area contributed by atoms with E-state index in [9.17, 15) is 4.79 Å². The van der Waals surface area contributed by atoms with Crippen molar-refractivity contribution < 1.29 is 4.79 Å². The number of nitrogens with one attached hydrogen (secondary N) is 1. The van der Waals surface area contributed by atoms with Crippen molar-refractivity contribution in [3.63, 3.8) is 0 Å². The van der Waals surface area contributed by atoms with E-state index in [4.69, 9.17) is 0 Å². The molecule has 2 nitrogen and oxygen atoms in total. The summed E-state index contributed by atoms with van der Waals surface area (Å²) < 4.78 is 0. The van der Waals surface area contributed by atoms with Gasteiger partial charge in [-0.2, -0.15) is 0 Å². The average Bonchev–Trinajstić information content (AvgIpc) is 2.52. The number of carbonyl (C=O) groups is 1. The molecular formula is C18H32BrNO. The van der Waals surface area contributed by atoms with Crippen molar-refractivity contribution in [1.29, 1.82) is 0 Å². The molecule has 2 aliphatic carbocycles. The summed E-state index contributed by atoms with van der Waals surface area (Å²) >= 11 is 3.69. The number of unbranched alkanes of at least 4 members (excludes halogenated alkanes) is 1. The van der Waals surface area contributed by atoms with Crippen molar-refractivity contribution in [3.05, 3.63) is 0 Å². The minimum atomic E-state index is 0.301. The summed E-state index contributed by atoms with van der Waals surface area (Å²) in [6.07, 6.45) is 13.9. The number of alkyl halides is 1. The summed E-state index contributed by atoms with van der Waals surface area (Å²) in [5, 5.41) is 3.24. The fourth-order valence-electron chi connectivity index (χ4n) is 3.92. The Morgan fingerprint density at radius 3 is 2.24 bits per heavy atom. The highest BCUT2D eigenvalue weighted by Gasteiger charge is 2.26. The molecule has 0 bridgehead atoms. The molecule has 0 unspecified atom stereocenters. The topological polar surface area (TPSA) is 29.1 Å². The van der Waals surface area contributed by atoms with Gasteiger partial charge < -0.3 is 5.32 Å². The van der Waals surface area contributed by atoms with E-state index in [1.807, 2.05) is 0 Å². The van der Waals surface area contributed by atoms with E-state index in [-0.39, 0.29) is 0 Å². The third-order valence-corrected chi connectivity index (χ3v) is 6.44. The van der Waals surface area contributed by atoms with E-state index in [0.29, 0.717) is 22.6 Å². The van der Waals surface area contributed by atoms with Crippen LogP contribution in [0.4, 0.5) is 0 Å². The zero-order valence-corrected chi connectivity index (χ0v) is 15.2. The second-order valence-corrected chi connectivity index (χ2v) is 8.52. The van der Waals surface area contributed by atoms with Crippen LogP contribution in [-0.4, -0.2) is 17.3 Å². The third-order valence-electron chi connectivity index (χ3n) is 5.52. The number of amides is 1. The lowest BCUT2D eigenvalue weighted by Crippen LogP contribution is -2.37. The molecule has 0 atom stereocenters. The first-order valence-corrected chi connectivity index (χ1v) is 10.0. The molecule has 0 heterocycles. The summed E-state index contributed by atoms with van der Waals surface area (Å²) in [7, 11) is 0. The van der Waals surface area contributed by atoms with Crippen LogP contribution in [0.5, 0.6) is 0 Å². The second-order valence-electron chi connectivity index (χ2n) is 7.22. The molecule has 21 heavy (non-hydrogen) atoms.